The normalized spacial score (nSPS) is 19.1. The van der Waals surface area contributed by atoms with Crippen molar-refractivity contribution in [1.82, 2.24) is 0 Å². The van der Waals surface area contributed by atoms with E-state index < -0.39 is 9.84 Å². The molecule has 1 aliphatic heterocycles. The van der Waals surface area contributed by atoms with E-state index in [1.807, 2.05) is 0 Å². The summed E-state index contributed by atoms with van der Waals surface area (Å²) in [5.41, 5.74) is 0.624. The van der Waals surface area contributed by atoms with Crippen molar-refractivity contribution in [3.8, 4) is 0 Å². The summed E-state index contributed by atoms with van der Waals surface area (Å²) >= 11 is 4.48. The maximum atomic E-state index is 12.1. The molecular formula is C13H14BrNO4S2. The molecule has 0 aromatic heterocycles. The molecule has 1 fully saturated rings. The zero-order chi connectivity index (χ0) is 15.8. The average Bonchev–Trinajstić information content (AvgIpc) is 2.67. The number of hydrogen-bond acceptors (Lipinski definition) is 5. The van der Waals surface area contributed by atoms with Crippen molar-refractivity contribution < 1.29 is 18.0 Å². The second-order valence-electron chi connectivity index (χ2n) is 4.83. The summed E-state index contributed by atoms with van der Waals surface area (Å²) in [5, 5.41) is -0.0716. The molecule has 1 unspecified atom stereocenters. The number of benzene rings is 1. The standard InChI is InChI=1S/C13H14BrNO4S2/c1-8(16)20-9-5-13(17)15(7-9)12-4-3-10(6-11(12)14)21(2,18)19/h3-4,6,9H,5,7H2,1-2H3. The van der Waals surface area contributed by atoms with E-state index in [1.165, 1.54) is 19.1 Å². The van der Waals surface area contributed by atoms with Crippen molar-refractivity contribution >= 4 is 54.2 Å². The zero-order valence-corrected chi connectivity index (χ0v) is 14.7. The molecule has 1 aliphatic rings. The van der Waals surface area contributed by atoms with Gasteiger partial charge in [-0.15, -0.1) is 0 Å². The smallest absolute Gasteiger partial charge is 0.228 e. The molecular weight excluding hydrogens is 378 g/mol. The SMILES string of the molecule is CC(=O)SC1CC(=O)N(c2ccc(S(C)(=O)=O)cc2Br)C1. The maximum Gasteiger partial charge on any atom is 0.228 e. The first-order valence-electron chi connectivity index (χ1n) is 6.15. The molecule has 0 aliphatic carbocycles. The Bertz CT molecular complexity index is 702. The van der Waals surface area contributed by atoms with Gasteiger partial charge < -0.3 is 4.90 Å². The highest BCUT2D eigenvalue weighted by molar-refractivity contribution is 9.10. The van der Waals surface area contributed by atoms with Crippen LogP contribution < -0.4 is 4.90 Å². The highest BCUT2D eigenvalue weighted by atomic mass is 79.9. The first-order chi connectivity index (χ1) is 9.68. The zero-order valence-electron chi connectivity index (χ0n) is 11.5. The number of carbonyl (C=O) groups is 2. The Labute approximate surface area is 136 Å². The fourth-order valence-corrected chi connectivity index (χ4v) is 4.47. The molecule has 114 valence electrons. The Morgan fingerprint density at radius 3 is 2.62 bits per heavy atom. The summed E-state index contributed by atoms with van der Waals surface area (Å²) in [5.74, 6) is -0.0680. The number of nitrogens with zero attached hydrogens (tertiary/aromatic N) is 1. The van der Waals surface area contributed by atoms with Gasteiger partial charge in [0.25, 0.3) is 0 Å². The van der Waals surface area contributed by atoms with E-state index in [2.05, 4.69) is 15.9 Å². The lowest BCUT2D eigenvalue weighted by Gasteiger charge is -2.18. The molecule has 1 aromatic carbocycles. The molecule has 1 heterocycles. The largest absolute Gasteiger partial charge is 0.310 e. The van der Waals surface area contributed by atoms with Crippen molar-refractivity contribution in [2.24, 2.45) is 0 Å². The number of halogens is 1. The monoisotopic (exact) mass is 391 g/mol. The van der Waals surface area contributed by atoms with Gasteiger partial charge in [-0.25, -0.2) is 8.42 Å². The van der Waals surface area contributed by atoms with Gasteiger partial charge in [0, 0.05) is 35.9 Å². The fraction of sp³-hybridized carbons (Fsp3) is 0.385. The van der Waals surface area contributed by atoms with Crippen LogP contribution >= 0.6 is 27.7 Å². The van der Waals surface area contributed by atoms with Crippen molar-refractivity contribution in [2.75, 3.05) is 17.7 Å². The molecule has 1 atom stereocenters. The van der Waals surface area contributed by atoms with Crippen LogP contribution in [0.3, 0.4) is 0 Å². The Morgan fingerprint density at radius 1 is 1.43 bits per heavy atom. The lowest BCUT2D eigenvalue weighted by atomic mass is 10.3. The van der Waals surface area contributed by atoms with Crippen molar-refractivity contribution in [1.29, 1.82) is 0 Å². The van der Waals surface area contributed by atoms with Crippen molar-refractivity contribution in [3.63, 3.8) is 0 Å². The first-order valence-corrected chi connectivity index (χ1v) is 9.72. The van der Waals surface area contributed by atoms with Gasteiger partial charge in [-0.2, -0.15) is 0 Å². The second-order valence-corrected chi connectivity index (χ2v) is 9.17. The third-order valence-corrected chi connectivity index (χ3v) is 5.79. The topological polar surface area (TPSA) is 71.5 Å². The predicted octanol–water partition coefficient (Wildman–Crippen LogP) is 2.24. The number of thioether (sulfide) groups is 1. The Morgan fingerprint density at radius 2 is 2.10 bits per heavy atom. The summed E-state index contributed by atoms with van der Waals surface area (Å²) in [6.07, 6.45) is 1.44. The summed E-state index contributed by atoms with van der Waals surface area (Å²) < 4.78 is 23.6. The van der Waals surface area contributed by atoms with Gasteiger partial charge in [-0.1, -0.05) is 11.8 Å². The molecule has 0 saturated carbocycles. The number of anilines is 1. The lowest BCUT2D eigenvalue weighted by Crippen LogP contribution is -2.25. The van der Waals surface area contributed by atoms with E-state index in [9.17, 15) is 18.0 Å². The van der Waals surface area contributed by atoms with Gasteiger partial charge >= 0.3 is 0 Å². The number of amides is 1. The van der Waals surface area contributed by atoms with E-state index in [4.69, 9.17) is 0 Å². The molecule has 5 nitrogen and oxygen atoms in total. The highest BCUT2D eigenvalue weighted by Crippen LogP contribution is 2.34. The van der Waals surface area contributed by atoms with Crippen LogP contribution in [0.15, 0.2) is 27.6 Å². The average molecular weight is 392 g/mol. The lowest BCUT2D eigenvalue weighted by molar-refractivity contribution is -0.117. The summed E-state index contributed by atoms with van der Waals surface area (Å²) in [7, 11) is -3.29. The van der Waals surface area contributed by atoms with Crippen LogP contribution in [0.2, 0.25) is 0 Å². The minimum absolute atomic E-state index is 0.0128. The first kappa shape index (κ1) is 16.5. The quantitative estimate of drug-likeness (QED) is 0.789. The van der Waals surface area contributed by atoms with Gasteiger partial charge in [0.15, 0.2) is 15.0 Å². The van der Waals surface area contributed by atoms with Crippen LogP contribution in [0.4, 0.5) is 5.69 Å². The third-order valence-electron chi connectivity index (χ3n) is 3.06. The molecule has 2 rings (SSSR count). The van der Waals surface area contributed by atoms with Gasteiger partial charge in [0.1, 0.15) is 0 Å². The van der Waals surface area contributed by atoms with Gasteiger partial charge in [-0.3, -0.25) is 9.59 Å². The van der Waals surface area contributed by atoms with Crippen LogP contribution in [0.25, 0.3) is 0 Å². The molecule has 1 saturated heterocycles. The highest BCUT2D eigenvalue weighted by Gasteiger charge is 2.33. The molecule has 0 radical (unpaired) electrons. The molecule has 21 heavy (non-hydrogen) atoms. The van der Waals surface area contributed by atoms with Crippen molar-refractivity contribution in [3.05, 3.63) is 22.7 Å². The number of rotatable bonds is 3. The van der Waals surface area contributed by atoms with Gasteiger partial charge in [-0.05, 0) is 34.1 Å². The van der Waals surface area contributed by atoms with E-state index in [0.717, 1.165) is 18.0 Å². The number of carbonyl (C=O) groups excluding carboxylic acids is 2. The van der Waals surface area contributed by atoms with Crippen molar-refractivity contribution in [2.45, 2.75) is 23.5 Å². The van der Waals surface area contributed by atoms with E-state index in [-0.39, 0.29) is 21.2 Å². The predicted molar refractivity (Wildman–Crippen MR) is 86.3 cm³/mol. The molecule has 8 heteroatoms. The van der Waals surface area contributed by atoms with Crippen LogP contribution in [0.1, 0.15) is 13.3 Å². The number of sulfone groups is 1. The van der Waals surface area contributed by atoms with Crippen LogP contribution in [-0.2, 0) is 19.4 Å². The third kappa shape index (κ3) is 3.87. The molecule has 0 spiro atoms. The van der Waals surface area contributed by atoms with Crippen LogP contribution in [0.5, 0.6) is 0 Å². The summed E-state index contributed by atoms with van der Waals surface area (Å²) in [6, 6.07) is 4.58. The van der Waals surface area contributed by atoms with E-state index in [1.54, 1.807) is 11.0 Å². The summed E-state index contributed by atoms with van der Waals surface area (Å²) in [6.45, 7) is 1.93. The molecule has 0 N–H and O–H groups in total. The van der Waals surface area contributed by atoms with E-state index in [0.29, 0.717) is 23.1 Å². The van der Waals surface area contributed by atoms with Gasteiger partial charge in [0.05, 0.1) is 10.6 Å². The summed E-state index contributed by atoms with van der Waals surface area (Å²) in [4.78, 5) is 25.0. The van der Waals surface area contributed by atoms with Gasteiger partial charge in [0.2, 0.25) is 5.91 Å². The molecule has 1 aromatic rings. The Hall–Kier alpha value is -0.860. The minimum Gasteiger partial charge on any atom is -0.310 e. The van der Waals surface area contributed by atoms with Crippen LogP contribution in [-0.4, -0.2) is 37.5 Å². The minimum atomic E-state index is -3.29. The molecule has 1 amide bonds. The Balaban J connectivity index is 2.27. The maximum absolute atomic E-state index is 12.1. The number of hydrogen-bond donors (Lipinski definition) is 0. The Kier molecular flexibility index (Phi) is 4.79. The van der Waals surface area contributed by atoms with Crippen LogP contribution in [0, 0.1) is 0 Å². The fourth-order valence-electron chi connectivity index (χ4n) is 2.16. The molecule has 0 bridgehead atoms. The second kappa shape index (κ2) is 6.10. The van der Waals surface area contributed by atoms with E-state index >= 15 is 0 Å².